The predicted molar refractivity (Wildman–Crippen MR) is 123 cm³/mol. The van der Waals surface area contributed by atoms with E-state index < -0.39 is 5.60 Å². The molecule has 1 amide bonds. The summed E-state index contributed by atoms with van der Waals surface area (Å²) in [5.74, 6) is 0.0440. The third kappa shape index (κ3) is 3.40. The van der Waals surface area contributed by atoms with Crippen molar-refractivity contribution in [3.8, 4) is 11.1 Å². The Labute approximate surface area is 193 Å². The lowest BCUT2D eigenvalue weighted by Gasteiger charge is -2.51. The van der Waals surface area contributed by atoms with Gasteiger partial charge in [-0.25, -0.2) is 4.79 Å². The fourth-order valence-corrected chi connectivity index (χ4v) is 6.14. The number of piperidine rings is 2. The van der Waals surface area contributed by atoms with Crippen molar-refractivity contribution in [1.82, 2.24) is 14.9 Å². The van der Waals surface area contributed by atoms with Gasteiger partial charge in [0.25, 0.3) is 0 Å². The highest BCUT2D eigenvalue weighted by molar-refractivity contribution is 5.79. The summed E-state index contributed by atoms with van der Waals surface area (Å²) in [7, 11) is 0. The first-order valence-electron chi connectivity index (χ1n) is 11.8. The minimum atomic E-state index is -1.05. The van der Waals surface area contributed by atoms with Crippen LogP contribution in [0.15, 0.2) is 67.1 Å². The Bertz CT molecular complexity index is 1120. The number of ether oxygens (including phenoxy) is 1. The number of fused-ring (bicyclic) bond motifs is 5. The molecular formula is C27H27N3O3. The largest absolute Gasteiger partial charge is 0.448 e. The van der Waals surface area contributed by atoms with Crippen LogP contribution in [0.1, 0.15) is 54.8 Å². The number of rotatable bonds is 3. The predicted octanol–water partition coefficient (Wildman–Crippen LogP) is 4.63. The summed E-state index contributed by atoms with van der Waals surface area (Å²) >= 11 is 0. The summed E-state index contributed by atoms with van der Waals surface area (Å²) in [4.78, 5) is 23.7. The fraction of sp³-hybridized carbons (Fsp3) is 0.370. The number of carbonyl (C=O) groups excluding carboxylic acids is 1. The van der Waals surface area contributed by atoms with Crippen LogP contribution in [-0.2, 0) is 10.3 Å². The summed E-state index contributed by atoms with van der Waals surface area (Å²) in [6.45, 7) is 0.317. The van der Waals surface area contributed by atoms with Gasteiger partial charge in [0.05, 0.1) is 11.9 Å². The lowest BCUT2D eigenvalue weighted by Crippen LogP contribution is -2.59. The van der Waals surface area contributed by atoms with Gasteiger partial charge in [-0.3, -0.25) is 9.97 Å². The molecular weight excluding hydrogens is 414 g/mol. The molecule has 3 aromatic rings. The Balaban J connectivity index is 1.21. The quantitative estimate of drug-likeness (QED) is 0.641. The molecule has 2 aliphatic heterocycles. The first-order chi connectivity index (χ1) is 16.1. The molecule has 2 saturated heterocycles. The summed E-state index contributed by atoms with van der Waals surface area (Å²) in [6.07, 6.45) is 8.30. The molecule has 6 rings (SSSR count). The van der Waals surface area contributed by atoms with Crippen molar-refractivity contribution >= 4 is 6.09 Å². The van der Waals surface area contributed by atoms with E-state index in [-0.39, 0.29) is 24.1 Å². The summed E-state index contributed by atoms with van der Waals surface area (Å²) in [5.41, 5.74) is 4.40. The monoisotopic (exact) mass is 441 g/mol. The van der Waals surface area contributed by atoms with Crippen LogP contribution in [0.3, 0.4) is 0 Å². The number of carbonyl (C=O) groups is 1. The molecule has 2 bridgehead atoms. The van der Waals surface area contributed by atoms with Gasteiger partial charge in [0.2, 0.25) is 0 Å². The average Bonchev–Trinajstić information content (AvgIpc) is 3.16. The minimum Gasteiger partial charge on any atom is -0.448 e. The van der Waals surface area contributed by atoms with E-state index in [1.165, 1.54) is 22.3 Å². The highest BCUT2D eigenvalue weighted by Crippen LogP contribution is 2.46. The molecule has 0 saturated carbocycles. The van der Waals surface area contributed by atoms with Crippen LogP contribution in [-0.4, -0.2) is 44.8 Å². The number of benzene rings is 2. The van der Waals surface area contributed by atoms with Gasteiger partial charge >= 0.3 is 6.09 Å². The topological polar surface area (TPSA) is 75.5 Å². The first-order valence-corrected chi connectivity index (χ1v) is 11.8. The second-order valence-electron chi connectivity index (χ2n) is 9.48. The maximum absolute atomic E-state index is 13.3. The Morgan fingerprint density at radius 2 is 1.64 bits per heavy atom. The van der Waals surface area contributed by atoms with Crippen LogP contribution in [0, 0.1) is 0 Å². The molecule has 2 unspecified atom stereocenters. The van der Waals surface area contributed by atoms with Crippen LogP contribution < -0.4 is 0 Å². The first kappa shape index (κ1) is 20.4. The number of nitrogens with zero attached hydrogens (tertiary/aromatic N) is 3. The molecule has 2 atom stereocenters. The van der Waals surface area contributed by atoms with Gasteiger partial charge < -0.3 is 14.7 Å². The van der Waals surface area contributed by atoms with Crippen molar-refractivity contribution in [3.63, 3.8) is 0 Å². The van der Waals surface area contributed by atoms with Crippen molar-refractivity contribution in [3.05, 3.63) is 83.9 Å². The van der Waals surface area contributed by atoms with Crippen LogP contribution >= 0.6 is 0 Å². The van der Waals surface area contributed by atoms with Crippen LogP contribution in [0.25, 0.3) is 11.1 Å². The molecule has 33 heavy (non-hydrogen) atoms. The Kier molecular flexibility index (Phi) is 4.91. The van der Waals surface area contributed by atoms with Gasteiger partial charge in [0.15, 0.2) is 0 Å². The van der Waals surface area contributed by atoms with E-state index in [9.17, 15) is 9.90 Å². The zero-order valence-electron chi connectivity index (χ0n) is 18.4. The highest BCUT2D eigenvalue weighted by Gasteiger charge is 2.49. The second-order valence-corrected chi connectivity index (χ2v) is 9.48. The maximum atomic E-state index is 13.3. The second kappa shape index (κ2) is 7.96. The van der Waals surface area contributed by atoms with E-state index in [2.05, 4.69) is 46.4 Å². The zero-order valence-corrected chi connectivity index (χ0v) is 18.4. The van der Waals surface area contributed by atoms with Gasteiger partial charge in [0, 0.05) is 43.2 Å². The van der Waals surface area contributed by atoms with E-state index in [0.717, 1.165) is 19.3 Å². The number of amides is 1. The van der Waals surface area contributed by atoms with E-state index in [1.807, 2.05) is 17.0 Å². The summed E-state index contributed by atoms with van der Waals surface area (Å²) < 4.78 is 5.97. The molecule has 1 aliphatic carbocycles. The lowest BCUT2D eigenvalue weighted by atomic mass is 9.74. The molecule has 168 valence electrons. The SMILES string of the molecule is O=C(OCC1c2ccccc2-c2ccccc21)N1C2CCCC1CC(O)(c1cnccn1)C2. The van der Waals surface area contributed by atoms with Crippen LogP contribution in [0.4, 0.5) is 4.79 Å². The van der Waals surface area contributed by atoms with Gasteiger partial charge in [-0.1, -0.05) is 48.5 Å². The zero-order chi connectivity index (χ0) is 22.4. The van der Waals surface area contributed by atoms with Gasteiger partial charge in [-0.15, -0.1) is 0 Å². The highest BCUT2D eigenvalue weighted by atomic mass is 16.6. The fourth-order valence-electron chi connectivity index (χ4n) is 6.14. The van der Waals surface area contributed by atoms with Crippen molar-refractivity contribution in [2.24, 2.45) is 0 Å². The standard InChI is InChI=1S/C27H27N3O3/c31-26(33-17-24-22-10-3-1-8-20(22)21-9-2-4-11-23(21)24)30-18-6-5-7-19(30)15-27(32,14-18)25-16-28-12-13-29-25/h1-4,8-13,16,18-19,24,32H,5-7,14-15,17H2. The molecule has 1 N–H and O–H groups in total. The molecule has 2 aromatic carbocycles. The van der Waals surface area contributed by atoms with E-state index in [1.54, 1.807) is 18.6 Å². The van der Waals surface area contributed by atoms with E-state index in [4.69, 9.17) is 4.74 Å². The number of hydrogen-bond donors (Lipinski definition) is 1. The van der Waals surface area contributed by atoms with Gasteiger partial charge in [-0.2, -0.15) is 0 Å². The van der Waals surface area contributed by atoms with E-state index >= 15 is 0 Å². The molecule has 0 spiro atoms. The van der Waals surface area contributed by atoms with Crippen molar-refractivity contribution in [2.75, 3.05) is 6.61 Å². The minimum absolute atomic E-state index is 0.0440. The van der Waals surface area contributed by atoms with Gasteiger partial charge in [-0.05, 0) is 41.5 Å². The van der Waals surface area contributed by atoms with E-state index in [0.29, 0.717) is 25.1 Å². The molecule has 6 heteroatoms. The lowest BCUT2D eigenvalue weighted by molar-refractivity contribution is -0.0914. The maximum Gasteiger partial charge on any atom is 0.410 e. The molecule has 0 radical (unpaired) electrons. The van der Waals surface area contributed by atoms with Crippen LogP contribution in [0.5, 0.6) is 0 Å². The van der Waals surface area contributed by atoms with Gasteiger partial charge in [0.1, 0.15) is 12.2 Å². The molecule has 3 heterocycles. The normalized spacial score (nSPS) is 25.9. The molecule has 3 aliphatic rings. The molecule has 2 fully saturated rings. The number of aromatic nitrogens is 2. The molecule has 6 nitrogen and oxygen atoms in total. The van der Waals surface area contributed by atoms with Crippen molar-refractivity contribution < 1.29 is 14.6 Å². The third-order valence-electron chi connectivity index (χ3n) is 7.59. The Morgan fingerprint density at radius 3 is 2.24 bits per heavy atom. The third-order valence-corrected chi connectivity index (χ3v) is 7.59. The average molecular weight is 442 g/mol. The smallest absolute Gasteiger partial charge is 0.410 e. The van der Waals surface area contributed by atoms with Crippen molar-refractivity contribution in [2.45, 2.75) is 55.7 Å². The molecule has 1 aromatic heterocycles. The summed E-state index contributed by atoms with van der Waals surface area (Å²) in [5, 5.41) is 11.4. The Hall–Kier alpha value is -3.25. The Morgan fingerprint density at radius 1 is 1.00 bits per heavy atom. The van der Waals surface area contributed by atoms with Crippen molar-refractivity contribution in [1.29, 1.82) is 0 Å². The summed E-state index contributed by atoms with van der Waals surface area (Å²) in [6, 6.07) is 16.6. The number of aliphatic hydroxyl groups is 1. The van der Waals surface area contributed by atoms with Crippen LogP contribution in [0.2, 0.25) is 0 Å². The number of hydrogen-bond acceptors (Lipinski definition) is 5.